The van der Waals surface area contributed by atoms with Crippen molar-refractivity contribution in [3.05, 3.63) is 59.0 Å². The van der Waals surface area contributed by atoms with Gasteiger partial charge in [0.1, 0.15) is 11.6 Å². The van der Waals surface area contributed by atoms with Crippen molar-refractivity contribution in [2.24, 2.45) is 5.84 Å². The molecule has 0 aliphatic heterocycles. The van der Waals surface area contributed by atoms with Gasteiger partial charge in [-0.2, -0.15) is 4.98 Å². The molecule has 7 nitrogen and oxygen atoms in total. The lowest BCUT2D eigenvalue weighted by molar-refractivity contribution is 0.628. The van der Waals surface area contributed by atoms with Crippen LogP contribution in [0.1, 0.15) is 0 Å². The molecule has 0 aliphatic carbocycles. The first-order valence-corrected chi connectivity index (χ1v) is 8.42. The molecule has 26 heavy (non-hydrogen) atoms. The Labute approximate surface area is 158 Å². The first kappa shape index (κ1) is 17.9. The summed E-state index contributed by atoms with van der Waals surface area (Å²) in [6, 6.07) is 11.3. The van der Waals surface area contributed by atoms with E-state index in [-0.39, 0.29) is 5.82 Å². The third kappa shape index (κ3) is 4.19. The van der Waals surface area contributed by atoms with Crippen LogP contribution in [-0.4, -0.2) is 17.0 Å². The van der Waals surface area contributed by atoms with E-state index in [1.165, 1.54) is 17.1 Å². The summed E-state index contributed by atoms with van der Waals surface area (Å²) in [6.45, 7) is 0. The first-order valence-electron chi connectivity index (χ1n) is 7.62. The summed E-state index contributed by atoms with van der Waals surface area (Å²) < 4.78 is 13.7. The minimum atomic E-state index is -0.302. The van der Waals surface area contributed by atoms with Gasteiger partial charge in [0, 0.05) is 24.6 Å². The maximum absolute atomic E-state index is 13.0. The molecule has 0 radical (unpaired) electrons. The molecule has 3 aromatic rings. The number of rotatable bonds is 5. The second-order valence-electron chi connectivity index (χ2n) is 5.53. The standard InChI is InChI=1S/C17H17BrFN7/c1-26(21)15-8-12(6-7-14(15)20)24-17-22-9-13(18)16(25-17)23-11-4-2-10(19)3-5-11/h2-9H,20-21H2,1H3,(H2,22,23,24,25). The topological polar surface area (TPSA) is 105 Å². The number of nitrogens with two attached hydrogens (primary N) is 2. The molecule has 6 N–H and O–H groups in total. The molecule has 3 rings (SSSR count). The van der Waals surface area contributed by atoms with Crippen LogP contribution in [0, 0.1) is 5.82 Å². The highest BCUT2D eigenvalue weighted by Gasteiger charge is 2.08. The van der Waals surface area contributed by atoms with E-state index in [0.717, 1.165) is 5.69 Å². The number of anilines is 6. The number of hydrazine groups is 1. The molecule has 0 bridgehead atoms. The van der Waals surface area contributed by atoms with E-state index >= 15 is 0 Å². The molecule has 0 saturated carbocycles. The van der Waals surface area contributed by atoms with Gasteiger partial charge in [-0.15, -0.1) is 0 Å². The molecule has 9 heteroatoms. The number of nitrogens with zero attached hydrogens (tertiary/aromatic N) is 3. The van der Waals surface area contributed by atoms with E-state index in [2.05, 4.69) is 36.5 Å². The van der Waals surface area contributed by atoms with Crippen molar-refractivity contribution >= 4 is 50.4 Å². The molecule has 2 aromatic carbocycles. The molecule has 0 aliphatic rings. The van der Waals surface area contributed by atoms with Crippen molar-refractivity contribution in [2.75, 3.05) is 28.4 Å². The summed E-state index contributed by atoms with van der Waals surface area (Å²) >= 11 is 3.40. The van der Waals surface area contributed by atoms with Crippen LogP contribution in [0.3, 0.4) is 0 Å². The average molecular weight is 418 g/mol. The Morgan fingerprint density at radius 3 is 2.46 bits per heavy atom. The Hall–Kier alpha value is -2.91. The Morgan fingerprint density at radius 2 is 1.77 bits per heavy atom. The van der Waals surface area contributed by atoms with Crippen LogP contribution in [0.2, 0.25) is 0 Å². The van der Waals surface area contributed by atoms with Crippen molar-refractivity contribution in [2.45, 2.75) is 0 Å². The monoisotopic (exact) mass is 417 g/mol. The van der Waals surface area contributed by atoms with Crippen LogP contribution in [0.5, 0.6) is 0 Å². The molecule has 0 unspecified atom stereocenters. The third-order valence-electron chi connectivity index (χ3n) is 3.52. The lowest BCUT2D eigenvalue weighted by Gasteiger charge is -2.16. The molecule has 1 aromatic heterocycles. The zero-order chi connectivity index (χ0) is 18.7. The van der Waals surface area contributed by atoms with Crippen molar-refractivity contribution in [1.82, 2.24) is 9.97 Å². The molecule has 0 atom stereocenters. The van der Waals surface area contributed by atoms with Crippen LogP contribution < -0.4 is 27.2 Å². The van der Waals surface area contributed by atoms with Gasteiger partial charge in [-0.05, 0) is 58.4 Å². The number of benzene rings is 2. The number of nitrogens with one attached hydrogen (secondary N) is 2. The number of hydrogen-bond donors (Lipinski definition) is 4. The molecule has 1 heterocycles. The first-order chi connectivity index (χ1) is 12.4. The number of nitrogen functional groups attached to an aromatic ring is 1. The SMILES string of the molecule is CN(N)c1cc(Nc2ncc(Br)c(Nc3ccc(F)cc3)n2)ccc1N. The van der Waals surface area contributed by atoms with Gasteiger partial charge in [-0.3, -0.25) is 0 Å². The van der Waals surface area contributed by atoms with Gasteiger partial charge in [-0.25, -0.2) is 15.2 Å². The fourth-order valence-corrected chi connectivity index (χ4v) is 2.53. The predicted octanol–water partition coefficient (Wildman–Crippen LogP) is 3.76. The fourth-order valence-electron chi connectivity index (χ4n) is 2.24. The highest BCUT2D eigenvalue weighted by molar-refractivity contribution is 9.10. The van der Waals surface area contributed by atoms with Gasteiger partial charge in [0.2, 0.25) is 5.95 Å². The molecule has 0 fully saturated rings. The van der Waals surface area contributed by atoms with Crippen LogP contribution in [0.4, 0.5) is 38.9 Å². The normalized spacial score (nSPS) is 10.5. The number of aromatic nitrogens is 2. The van der Waals surface area contributed by atoms with Crippen LogP contribution in [-0.2, 0) is 0 Å². The largest absolute Gasteiger partial charge is 0.397 e. The summed E-state index contributed by atoms with van der Waals surface area (Å²) in [6.07, 6.45) is 1.62. The van der Waals surface area contributed by atoms with Crippen molar-refractivity contribution in [1.29, 1.82) is 0 Å². The van der Waals surface area contributed by atoms with Crippen molar-refractivity contribution in [3.8, 4) is 0 Å². The Bertz CT molecular complexity index is 915. The van der Waals surface area contributed by atoms with E-state index < -0.39 is 0 Å². The fraction of sp³-hybridized carbons (Fsp3) is 0.0588. The number of hydrogen-bond acceptors (Lipinski definition) is 7. The molecule has 0 saturated heterocycles. The van der Waals surface area contributed by atoms with Crippen LogP contribution in [0.25, 0.3) is 0 Å². The predicted molar refractivity (Wildman–Crippen MR) is 106 cm³/mol. The smallest absolute Gasteiger partial charge is 0.229 e. The lowest BCUT2D eigenvalue weighted by atomic mass is 10.2. The minimum absolute atomic E-state index is 0.302. The molecule has 134 valence electrons. The van der Waals surface area contributed by atoms with Gasteiger partial charge in [0.25, 0.3) is 0 Å². The van der Waals surface area contributed by atoms with E-state index in [4.69, 9.17) is 11.6 Å². The maximum atomic E-state index is 13.0. The van der Waals surface area contributed by atoms with E-state index in [1.54, 1.807) is 43.6 Å². The van der Waals surface area contributed by atoms with Gasteiger partial charge in [0.05, 0.1) is 15.8 Å². The van der Waals surface area contributed by atoms with Gasteiger partial charge in [0.15, 0.2) is 0 Å². The van der Waals surface area contributed by atoms with E-state index in [9.17, 15) is 4.39 Å². The zero-order valence-corrected chi connectivity index (χ0v) is 15.5. The second-order valence-corrected chi connectivity index (χ2v) is 6.39. The quantitative estimate of drug-likeness (QED) is 0.284. The third-order valence-corrected chi connectivity index (χ3v) is 4.10. The zero-order valence-electron chi connectivity index (χ0n) is 13.9. The maximum Gasteiger partial charge on any atom is 0.229 e. The molecular weight excluding hydrogens is 401 g/mol. The van der Waals surface area contributed by atoms with E-state index in [1.807, 2.05) is 0 Å². The summed E-state index contributed by atoms with van der Waals surface area (Å²) in [5.74, 6) is 6.39. The molecular formula is C17H17BrFN7. The van der Waals surface area contributed by atoms with E-state index in [0.29, 0.717) is 33.3 Å². The van der Waals surface area contributed by atoms with Gasteiger partial charge >= 0.3 is 0 Å². The minimum Gasteiger partial charge on any atom is -0.397 e. The Balaban J connectivity index is 1.83. The van der Waals surface area contributed by atoms with Crippen molar-refractivity contribution < 1.29 is 4.39 Å². The number of halogens is 2. The molecule has 0 spiro atoms. The average Bonchev–Trinajstić information content (AvgIpc) is 2.61. The van der Waals surface area contributed by atoms with Crippen molar-refractivity contribution in [3.63, 3.8) is 0 Å². The highest BCUT2D eigenvalue weighted by atomic mass is 79.9. The molecule has 0 amide bonds. The summed E-state index contributed by atoms with van der Waals surface area (Å²) in [4.78, 5) is 8.67. The van der Waals surface area contributed by atoms with Gasteiger partial charge < -0.3 is 21.4 Å². The second kappa shape index (κ2) is 7.54. The summed E-state index contributed by atoms with van der Waals surface area (Å²) in [5.41, 5.74) is 8.59. The lowest BCUT2D eigenvalue weighted by Crippen LogP contribution is -2.26. The summed E-state index contributed by atoms with van der Waals surface area (Å²) in [5, 5.41) is 7.65. The van der Waals surface area contributed by atoms with Crippen LogP contribution in [0.15, 0.2) is 53.1 Å². The Kier molecular flexibility index (Phi) is 5.19. The summed E-state index contributed by atoms with van der Waals surface area (Å²) in [7, 11) is 1.70. The Morgan fingerprint density at radius 1 is 1.08 bits per heavy atom. The van der Waals surface area contributed by atoms with Crippen LogP contribution >= 0.6 is 15.9 Å². The van der Waals surface area contributed by atoms with Gasteiger partial charge in [-0.1, -0.05) is 0 Å². The highest BCUT2D eigenvalue weighted by Crippen LogP contribution is 2.28.